The second kappa shape index (κ2) is 13.6. The number of aryl methyl sites for hydroxylation is 2. The SMILES string of the molecule is CCCCCCCCCc1ccc(C(=O)Oc2ccc(-c3ncc(CCC)cn3)c(F)c2)cc1. The Kier molecular flexibility index (Phi) is 10.2. The topological polar surface area (TPSA) is 52.1 Å². The predicted molar refractivity (Wildman–Crippen MR) is 135 cm³/mol. The number of halogens is 1. The van der Waals surface area contributed by atoms with Gasteiger partial charge in [0, 0.05) is 18.5 Å². The first kappa shape index (κ1) is 25.5. The molecule has 0 aliphatic rings. The van der Waals surface area contributed by atoms with Gasteiger partial charge in [0.05, 0.1) is 11.1 Å². The first-order valence-electron chi connectivity index (χ1n) is 12.5. The van der Waals surface area contributed by atoms with E-state index in [1.54, 1.807) is 30.6 Å². The van der Waals surface area contributed by atoms with Crippen LogP contribution in [0.4, 0.5) is 4.39 Å². The van der Waals surface area contributed by atoms with Gasteiger partial charge in [-0.1, -0.05) is 70.9 Å². The average molecular weight is 463 g/mol. The van der Waals surface area contributed by atoms with Crippen LogP contribution in [-0.4, -0.2) is 15.9 Å². The van der Waals surface area contributed by atoms with Crippen LogP contribution in [0.5, 0.6) is 5.75 Å². The van der Waals surface area contributed by atoms with Crippen molar-refractivity contribution in [3.8, 4) is 17.1 Å². The van der Waals surface area contributed by atoms with E-state index in [0.717, 1.165) is 31.2 Å². The van der Waals surface area contributed by atoms with Crippen molar-refractivity contribution in [3.63, 3.8) is 0 Å². The highest BCUT2D eigenvalue weighted by Gasteiger charge is 2.13. The van der Waals surface area contributed by atoms with E-state index >= 15 is 0 Å². The predicted octanol–water partition coefficient (Wildman–Crippen LogP) is 7.75. The third-order valence-electron chi connectivity index (χ3n) is 5.89. The summed E-state index contributed by atoms with van der Waals surface area (Å²) in [6.07, 6.45) is 15.3. The van der Waals surface area contributed by atoms with Crippen molar-refractivity contribution in [2.45, 2.75) is 78.1 Å². The zero-order valence-corrected chi connectivity index (χ0v) is 20.4. The van der Waals surface area contributed by atoms with Gasteiger partial charge in [0.1, 0.15) is 11.6 Å². The number of carbonyl (C=O) groups is 1. The molecular formula is C29H35FN2O2. The summed E-state index contributed by atoms with van der Waals surface area (Å²) in [5.74, 6) is -0.568. The van der Waals surface area contributed by atoms with Gasteiger partial charge in [-0.05, 0) is 54.7 Å². The van der Waals surface area contributed by atoms with E-state index < -0.39 is 11.8 Å². The molecule has 3 rings (SSSR count). The Morgan fingerprint density at radius 1 is 0.794 bits per heavy atom. The average Bonchev–Trinajstić information content (AvgIpc) is 2.85. The Labute approximate surface area is 202 Å². The third kappa shape index (κ3) is 7.75. The molecule has 0 bridgehead atoms. The zero-order valence-electron chi connectivity index (χ0n) is 20.4. The van der Waals surface area contributed by atoms with E-state index in [1.165, 1.54) is 56.2 Å². The second-order valence-corrected chi connectivity index (χ2v) is 8.76. The largest absolute Gasteiger partial charge is 0.423 e. The minimum Gasteiger partial charge on any atom is -0.423 e. The van der Waals surface area contributed by atoms with Crippen LogP contribution in [0.15, 0.2) is 54.9 Å². The van der Waals surface area contributed by atoms with E-state index in [4.69, 9.17) is 4.74 Å². The third-order valence-corrected chi connectivity index (χ3v) is 5.89. The summed E-state index contributed by atoms with van der Waals surface area (Å²) >= 11 is 0. The van der Waals surface area contributed by atoms with Crippen LogP contribution in [0.25, 0.3) is 11.4 Å². The van der Waals surface area contributed by atoms with Crippen LogP contribution in [0.2, 0.25) is 0 Å². The molecule has 0 spiro atoms. The Balaban J connectivity index is 1.51. The fourth-order valence-corrected chi connectivity index (χ4v) is 3.91. The van der Waals surface area contributed by atoms with Gasteiger partial charge in [0.25, 0.3) is 0 Å². The molecule has 4 nitrogen and oxygen atoms in total. The van der Waals surface area contributed by atoms with Crippen molar-refractivity contribution in [2.24, 2.45) is 0 Å². The molecule has 5 heteroatoms. The normalized spacial score (nSPS) is 10.9. The number of unbranched alkanes of at least 4 members (excludes halogenated alkanes) is 6. The molecule has 3 aromatic rings. The van der Waals surface area contributed by atoms with Crippen molar-refractivity contribution >= 4 is 5.97 Å². The summed E-state index contributed by atoms with van der Waals surface area (Å²) < 4.78 is 20.0. The minimum atomic E-state index is -0.529. The van der Waals surface area contributed by atoms with Crippen LogP contribution in [-0.2, 0) is 12.8 Å². The Hall–Kier alpha value is -3.08. The zero-order chi connectivity index (χ0) is 24.2. The number of carbonyl (C=O) groups excluding carboxylic acids is 1. The smallest absolute Gasteiger partial charge is 0.343 e. The number of ether oxygens (including phenoxy) is 1. The minimum absolute atomic E-state index is 0.154. The molecule has 0 N–H and O–H groups in total. The van der Waals surface area contributed by atoms with Gasteiger partial charge in [-0.25, -0.2) is 19.2 Å². The lowest BCUT2D eigenvalue weighted by molar-refractivity contribution is 0.0734. The maximum Gasteiger partial charge on any atom is 0.343 e. The number of hydrogen-bond acceptors (Lipinski definition) is 4. The van der Waals surface area contributed by atoms with Crippen molar-refractivity contribution in [1.29, 1.82) is 0 Å². The van der Waals surface area contributed by atoms with Crippen LogP contribution < -0.4 is 4.74 Å². The van der Waals surface area contributed by atoms with E-state index in [2.05, 4.69) is 23.8 Å². The van der Waals surface area contributed by atoms with Crippen LogP contribution in [0.3, 0.4) is 0 Å². The summed E-state index contributed by atoms with van der Waals surface area (Å²) in [5, 5.41) is 0. The van der Waals surface area contributed by atoms with Gasteiger partial charge in [-0.15, -0.1) is 0 Å². The van der Waals surface area contributed by atoms with Crippen molar-refractivity contribution < 1.29 is 13.9 Å². The first-order chi connectivity index (χ1) is 16.6. The molecule has 0 unspecified atom stereocenters. The maximum atomic E-state index is 14.7. The molecule has 0 aliphatic carbocycles. The molecule has 1 aromatic heterocycles. The standard InChI is InChI=1S/C29H35FN2O2/c1-3-5-6-7-8-9-10-12-22-13-15-24(16-14-22)29(33)34-25-17-18-26(27(30)19-25)28-31-20-23(11-4-2)21-32-28/h13-21H,3-12H2,1-2H3. The van der Waals surface area contributed by atoms with Gasteiger partial charge in [0.15, 0.2) is 5.82 Å². The van der Waals surface area contributed by atoms with Gasteiger partial charge in [-0.3, -0.25) is 0 Å². The van der Waals surface area contributed by atoms with Crippen molar-refractivity contribution in [2.75, 3.05) is 0 Å². The summed E-state index contributed by atoms with van der Waals surface area (Å²) in [7, 11) is 0. The Morgan fingerprint density at radius 2 is 1.47 bits per heavy atom. The van der Waals surface area contributed by atoms with E-state index in [9.17, 15) is 9.18 Å². The molecule has 0 fully saturated rings. The Morgan fingerprint density at radius 3 is 2.12 bits per heavy atom. The van der Waals surface area contributed by atoms with E-state index in [0.29, 0.717) is 11.4 Å². The van der Waals surface area contributed by atoms with Gasteiger partial charge < -0.3 is 4.74 Å². The molecule has 0 atom stereocenters. The number of aromatic nitrogens is 2. The molecule has 0 radical (unpaired) electrons. The van der Waals surface area contributed by atoms with Crippen LogP contribution in [0.1, 0.15) is 86.7 Å². The lowest BCUT2D eigenvalue weighted by atomic mass is 10.0. The highest BCUT2D eigenvalue weighted by molar-refractivity contribution is 5.91. The summed E-state index contributed by atoms with van der Waals surface area (Å²) in [6, 6.07) is 11.8. The monoisotopic (exact) mass is 462 g/mol. The molecule has 2 aromatic carbocycles. The van der Waals surface area contributed by atoms with E-state index in [-0.39, 0.29) is 11.3 Å². The fraction of sp³-hybridized carbons (Fsp3) is 0.414. The maximum absolute atomic E-state index is 14.7. The first-order valence-corrected chi connectivity index (χ1v) is 12.5. The molecule has 34 heavy (non-hydrogen) atoms. The molecule has 180 valence electrons. The Bertz CT molecular complexity index is 1030. The summed E-state index contributed by atoms with van der Waals surface area (Å²) in [6.45, 7) is 4.32. The van der Waals surface area contributed by atoms with Gasteiger partial charge in [-0.2, -0.15) is 0 Å². The number of rotatable bonds is 13. The van der Waals surface area contributed by atoms with Crippen molar-refractivity contribution in [1.82, 2.24) is 9.97 Å². The highest BCUT2D eigenvalue weighted by Crippen LogP contribution is 2.24. The quantitative estimate of drug-likeness (QED) is 0.148. The summed E-state index contributed by atoms with van der Waals surface area (Å²) in [5.41, 5.74) is 2.95. The molecule has 1 heterocycles. The van der Waals surface area contributed by atoms with Crippen LogP contribution in [0, 0.1) is 5.82 Å². The number of benzene rings is 2. The number of nitrogens with zero attached hydrogens (tertiary/aromatic N) is 2. The fourth-order valence-electron chi connectivity index (χ4n) is 3.91. The van der Waals surface area contributed by atoms with Gasteiger partial charge in [0.2, 0.25) is 0 Å². The van der Waals surface area contributed by atoms with Crippen molar-refractivity contribution in [3.05, 3.63) is 77.4 Å². The molecular weight excluding hydrogens is 427 g/mol. The van der Waals surface area contributed by atoms with E-state index in [1.807, 2.05) is 12.1 Å². The summed E-state index contributed by atoms with van der Waals surface area (Å²) in [4.78, 5) is 21.0. The molecule has 0 saturated heterocycles. The molecule has 0 aliphatic heterocycles. The lowest BCUT2D eigenvalue weighted by Crippen LogP contribution is -2.09. The highest BCUT2D eigenvalue weighted by atomic mass is 19.1. The number of hydrogen-bond donors (Lipinski definition) is 0. The van der Waals surface area contributed by atoms with Crippen LogP contribution >= 0.6 is 0 Å². The lowest BCUT2D eigenvalue weighted by Gasteiger charge is -2.08. The molecule has 0 amide bonds. The second-order valence-electron chi connectivity index (χ2n) is 8.76. The molecule has 0 saturated carbocycles. The number of esters is 1. The van der Waals surface area contributed by atoms with Gasteiger partial charge >= 0.3 is 5.97 Å².